The van der Waals surface area contributed by atoms with Crippen LogP contribution in [0.4, 0.5) is 0 Å². The zero-order chi connectivity index (χ0) is 31.6. The second-order valence-electron chi connectivity index (χ2n) is 12.8. The molecule has 0 aliphatic heterocycles. The van der Waals surface area contributed by atoms with E-state index in [1.54, 1.807) is 11.3 Å². The SMILES string of the molecule is O=C(Cc1csc2ccc(OCCCCCCSc3ccc4c(c3)C(CCNC(=O)C3CC3)CCC4)cc12)NCc1ccccc1. The normalized spacial score (nSPS) is 15.8. The molecule has 1 heterocycles. The predicted octanol–water partition coefficient (Wildman–Crippen LogP) is 8.83. The van der Waals surface area contributed by atoms with Gasteiger partial charge in [0.15, 0.2) is 0 Å². The van der Waals surface area contributed by atoms with Gasteiger partial charge >= 0.3 is 0 Å². The van der Waals surface area contributed by atoms with E-state index in [1.807, 2.05) is 48.2 Å². The molecule has 0 bridgehead atoms. The molecular weight excluding hydrogens is 609 g/mol. The van der Waals surface area contributed by atoms with Gasteiger partial charge < -0.3 is 15.4 Å². The van der Waals surface area contributed by atoms with Crippen LogP contribution in [-0.4, -0.2) is 30.7 Å². The summed E-state index contributed by atoms with van der Waals surface area (Å²) in [7, 11) is 0. The Balaban J connectivity index is 0.875. The lowest BCUT2D eigenvalue weighted by Gasteiger charge is -2.26. The number of rotatable bonds is 17. The highest BCUT2D eigenvalue weighted by Gasteiger charge is 2.29. The van der Waals surface area contributed by atoms with E-state index in [0.29, 0.717) is 31.4 Å². The number of carbonyl (C=O) groups is 2. The Morgan fingerprint density at radius 1 is 0.913 bits per heavy atom. The zero-order valence-corrected chi connectivity index (χ0v) is 28.4. The van der Waals surface area contributed by atoms with Gasteiger partial charge in [-0.15, -0.1) is 23.1 Å². The Kier molecular flexibility index (Phi) is 11.7. The molecule has 5 nitrogen and oxygen atoms in total. The number of nitrogens with one attached hydrogen (secondary N) is 2. The first-order valence-electron chi connectivity index (χ1n) is 17.1. The highest BCUT2D eigenvalue weighted by molar-refractivity contribution is 7.99. The molecule has 1 unspecified atom stereocenters. The van der Waals surface area contributed by atoms with Crippen molar-refractivity contribution < 1.29 is 14.3 Å². The van der Waals surface area contributed by atoms with Gasteiger partial charge in [-0.05, 0) is 126 Å². The summed E-state index contributed by atoms with van der Waals surface area (Å²) in [6.45, 7) is 2.06. The molecule has 242 valence electrons. The Morgan fingerprint density at radius 2 is 1.78 bits per heavy atom. The second kappa shape index (κ2) is 16.5. The van der Waals surface area contributed by atoms with Gasteiger partial charge in [0, 0.05) is 28.6 Å². The summed E-state index contributed by atoms with van der Waals surface area (Å²) >= 11 is 3.66. The van der Waals surface area contributed by atoms with Crippen molar-refractivity contribution in [2.45, 2.75) is 88.0 Å². The van der Waals surface area contributed by atoms with Gasteiger partial charge in [-0.2, -0.15) is 0 Å². The first-order valence-corrected chi connectivity index (χ1v) is 19.0. The zero-order valence-electron chi connectivity index (χ0n) is 26.7. The van der Waals surface area contributed by atoms with Gasteiger partial charge in [-0.3, -0.25) is 9.59 Å². The molecule has 1 atom stereocenters. The number of amides is 2. The molecule has 1 saturated carbocycles. The van der Waals surface area contributed by atoms with Crippen molar-refractivity contribution >= 4 is 45.0 Å². The monoisotopic (exact) mass is 654 g/mol. The molecule has 2 amide bonds. The Morgan fingerprint density at radius 3 is 2.65 bits per heavy atom. The van der Waals surface area contributed by atoms with Gasteiger partial charge in [0.05, 0.1) is 13.0 Å². The third-order valence-corrected chi connectivity index (χ3v) is 11.3. The number of hydrogen-bond acceptors (Lipinski definition) is 5. The third kappa shape index (κ3) is 9.38. The quantitative estimate of drug-likeness (QED) is 0.0882. The molecule has 2 N–H and O–H groups in total. The van der Waals surface area contributed by atoms with E-state index in [0.717, 1.165) is 66.7 Å². The minimum absolute atomic E-state index is 0.0366. The predicted molar refractivity (Wildman–Crippen MR) is 191 cm³/mol. The van der Waals surface area contributed by atoms with Crippen molar-refractivity contribution in [2.24, 2.45) is 5.92 Å². The molecule has 2 aliphatic carbocycles. The van der Waals surface area contributed by atoms with E-state index in [9.17, 15) is 9.59 Å². The van der Waals surface area contributed by atoms with Gasteiger partial charge in [0.2, 0.25) is 11.8 Å². The highest BCUT2D eigenvalue weighted by atomic mass is 32.2. The van der Waals surface area contributed by atoms with Crippen LogP contribution < -0.4 is 15.4 Å². The lowest BCUT2D eigenvalue weighted by Crippen LogP contribution is -2.27. The maximum Gasteiger partial charge on any atom is 0.224 e. The lowest BCUT2D eigenvalue weighted by molar-refractivity contribution is -0.122. The molecule has 46 heavy (non-hydrogen) atoms. The first kappa shape index (κ1) is 32.6. The maximum absolute atomic E-state index is 12.6. The van der Waals surface area contributed by atoms with Crippen LogP contribution in [-0.2, 0) is 29.0 Å². The number of hydrogen-bond donors (Lipinski definition) is 2. The van der Waals surface area contributed by atoms with Crippen molar-refractivity contribution in [3.63, 3.8) is 0 Å². The summed E-state index contributed by atoms with van der Waals surface area (Å²) < 4.78 is 7.30. The summed E-state index contributed by atoms with van der Waals surface area (Å²) in [5, 5.41) is 9.41. The maximum atomic E-state index is 12.6. The summed E-state index contributed by atoms with van der Waals surface area (Å²) in [5.74, 6) is 3.18. The van der Waals surface area contributed by atoms with Crippen LogP contribution in [0.15, 0.2) is 77.0 Å². The highest BCUT2D eigenvalue weighted by Crippen LogP contribution is 2.37. The van der Waals surface area contributed by atoms with Crippen LogP contribution in [0, 0.1) is 5.92 Å². The number of benzene rings is 3. The molecule has 7 heteroatoms. The molecular formula is C39H46N2O3S2. The van der Waals surface area contributed by atoms with Gasteiger partial charge in [-0.1, -0.05) is 49.2 Å². The van der Waals surface area contributed by atoms with E-state index in [1.165, 1.54) is 52.8 Å². The standard InChI is InChI=1S/C39H46N2O3S2/c42-38(41-26-28-9-4-3-5-10-28)23-32-27-46-37-18-16-33(24-36(32)37)44-21-6-1-2-7-22-45-34-17-15-29-11-8-12-30(35(29)25-34)19-20-40-39(43)31-13-14-31/h3-5,9-10,15-18,24-25,27,30-31H,1-2,6-8,11-14,19-23,26H2,(H,40,43)(H,41,42). The van der Waals surface area contributed by atoms with E-state index < -0.39 is 0 Å². The Hall–Kier alpha value is -3.29. The van der Waals surface area contributed by atoms with Crippen LogP contribution >= 0.6 is 23.1 Å². The van der Waals surface area contributed by atoms with Crippen LogP contribution in [0.1, 0.15) is 86.0 Å². The van der Waals surface area contributed by atoms with E-state index >= 15 is 0 Å². The van der Waals surface area contributed by atoms with Crippen molar-refractivity contribution in [3.05, 3.63) is 94.4 Å². The number of thiophene rings is 1. The third-order valence-electron chi connectivity index (χ3n) is 9.18. The van der Waals surface area contributed by atoms with Crippen molar-refractivity contribution in [1.29, 1.82) is 0 Å². The summed E-state index contributed by atoms with van der Waals surface area (Å²) in [5.41, 5.74) is 5.19. The molecule has 6 rings (SSSR count). The van der Waals surface area contributed by atoms with Crippen LogP contribution in [0.2, 0.25) is 0 Å². The Bertz CT molecular complexity index is 1600. The molecule has 0 radical (unpaired) electrons. The van der Waals surface area contributed by atoms with Gasteiger partial charge in [0.25, 0.3) is 0 Å². The molecule has 4 aromatic rings. The average Bonchev–Trinajstić information content (AvgIpc) is 3.87. The Labute approximate surface area is 281 Å². The molecule has 2 aliphatic rings. The van der Waals surface area contributed by atoms with Crippen molar-refractivity contribution in [2.75, 3.05) is 18.9 Å². The fraction of sp³-hybridized carbons (Fsp3) is 0.436. The molecule has 0 saturated heterocycles. The van der Waals surface area contributed by atoms with Crippen LogP contribution in [0.5, 0.6) is 5.75 Å². The second-order valence-corrected chi connectivity index (χ2v) is 14.9. The summed E-state index contributed by atoms with van der Waals surface area (Å²) in [6, 6.07) is 23.3. The number of ether oxygens (including phenoxy) is 1. The van der Waals surface area contributed by atoms with Crippen molar-refractivity contribution in [1.82, 2.24) is 10.6 Å². The van der Waals surface area contributed by atoms with E-state index in [4.69, 9.17) is 4.74 Å². The summed E-state index contributed by atoms with van der Waals surface area (Å²) in [4.78, 5) is 26.0. The lowest BCUT2D eigenvalue weighted by atomic mass is 9.81. The molecule has 1 aromatic heterocycles. The number of unbranched alkanes of at least 4 members (excludes halogenated alkanes) is 3. The van der Waals surface area contributed by atoms with E-state index in [2.05, 4.69) is 46.3 Å². The average molecular weight is 655 g/mol. The fourth-order valence-electron chi connectivity index (χ4n) is 6.38. The number of fused-ring (bicyclic) bond motifs is 2. The van der Waals surface area contributed by atoms with Crippen LogP contribution in [0.3, 0.4) is 0 Å². The minimum Gasteiger partial charge on any atom is -0.494 e. The van der Waals surface area contributed by atoms with E-state index in [-0.39, 0.29) is 11.8 Å². The topological polar surface area (TPSA) is 67.4 Å². The number of carbonyl (C=O) groups excluding carboxylic acids is 2. The van der Waals surface area contributed by atoms with Crippen molar-refractivity contribution in [3.8, 4) is 5.75 Å². The largest absolute Gasteiger partial charge is 0.494 e. The first-order chi connectivity index (χ1) is 22.6. The molecule has 0 spiro atoms. The van der Waals surface area contributed by atoms with Crippen LogP contribution in [0.25, 0.3) is 10.1 Å². The number of thioether (sulfide) groups is 1. The van der Waals surface area contributed by atoms with Gasteiger partial charge in [0.1, 0.15) is 5.75 Å². The van der Waals surface area contributed by atoms with Gasteiger partial charge in [-0.25, -0.2) is 0 Å². The number of aryl methyl sites for hydroxylation is 1. The molecule has 1 fully saturated rings. The smallest absolute Gasteiger partial charge is 0.224 e. The molecule has 3 aromatic carbocycles. The summed E-state index contributed by atoms with van der Waals surface area (Å²) in [6.07, 6.45) is 11.8. The fourth-order valence-corrected chi connectivity index (χ4v) is 8.28. The minimum atomic E-state index is 0.0366.